The molecular formula is C24H26ClFN4O4. The van der Waals surface area contributed by atoms with Gasteiger partial charge in [-0.25, -0.2) is 4.39 Å². The normalized spacial score (nSPS) is 14.7. The number of aryl methyl sites for hydroxylation is 2. The first-order valence-corrected chi connectivity index (χ1v) is 11.4. The number of aliphatic hydroxyl groups is 1. The lowest BCUT2D eigenvalue weighted by molar-refractivity contribution is 0.108. The Bertz CT molecular complexity index is 1320. The van der Waals surface area contributed by atoms with Crippen LogP contribution in [0, 0.1) is 12.7 Å². The lowest BCUT2D eigenvalue weighted by Crippen LogP contribution is -2.46. The van der Waals surface area contributed by atoms with E-state index < -0.39 is 16.5 Å². The van der Waals surface area contributed by atoms with E-state index in [2.05, 4.69) is 9.88 Å². The van der Waals surface area contributed by atoms with Crippen molar-refractivity contribution in [3.8, 4) is 5.75 Å². The van der Waals surface area contributed by atoms with Crippen molar-refractivity contribution in [2.24, 2.45) is 0 Å². The Labute approximate surface area is 200 Å². The maximum absolute atomic E-state index is 15.1. The lowest BCUT2D eigenvalue weighted by atomic mass is 10.1. The molecule has 180 valence electrons. The third kappa shape index (κ3) is 4.38. The molecule has 3 aromatic rings. The highest BCUT2D eigenvalue weighted by atomic mass is 35.5. The minimum atomic E-state index is -0.865. The molecule has 1 fully saturated rings. The number of fused-ring (bicyclic) bond motifs is 1. The molecule has 0 bridgehead atoms. The van der Waals surface area contributed by atoms with Crippen molar-refractivity contribution < 1.29 is 19.4 Å². The Morgan fingerprint density at radius 3 is 2.56 bits per heavy atom. The van der Waals surface area contributed by atoms with Crippen LogP contribution in [0.2, 0.25) is 0 Å². The molecule has 3 heterocycles. The second-order valence-corrected chi connectivity index (χ2v) is 8.71. The average molecular weight is 489 g/mol. The fourth-order valence-corrected chi connectivity index (χ4v) is 4.56. The molecule has 2 aromatic heterocycles. The van der Waals surface area contributed by atoms with Crippen LogP contribution in [-0.2, 0) is 19.7 Å². The zero-order chi connectivity index (χ0) is 24.6. The second kappa shape index (κ2) is 9.69. The summed E-state index contributed by atoms with van der Waals surface area (Å²) >= 11 is 5.55. The first kappa shape index (κ1) is 24.1. The Morgan fingerprint density at radius 2 is 1.94 bits per heavy atom. The number of piperazine rings is 1. The smallest absolute Gasteiger partial charge is 0.257 e. The summed E-state index contributed by atoms with van der Waals surface area (Å²) in [6.07, 6.45) is 3.09. The van der Waals surface area contributed by atoms with E-state index in [1.165, 1.54) is 12.3 Å². The molecule has 1 aliphatic heterocycles. The number of nitrogens with zero attached hydrogens (tertiary/aromatic N) is 4. The van der Waals surface area contributed by atoms with Crippen LogP contribution in [0.15, 0.2) is 29.3 Å². The second-order valence-electron chi connectivity index (χ2n) is 8.37. The zero-order valence-electron chi connectivity index (χ0n) is 19.0. The fraction of sp³-hybridized carbons (Fsp3) is 0.375. The monoisotopic (exact) mass is 488 g/mol. The summed E-state index contributed by atoms with van der Waals surface area (Å²) < 4.78 is 16.8. The maximum Gasteiger partial charge on any atom is 0.257 e. The van der Waals surface area contributed by atoms with E-state index in [9.17, 15) is 19.8 Å². The standard InChI is InChI=1S/C24H26ClFN4O4/c1-3-29-12-17(24(25)34)23(33)16-8-19(26)21(9-20(16)29)30-6-4-28(5-7-30)11-15-10-27-14(2)22(32)18(15)13-31/h8-10,12,31-32H,3-7,11,13H2,1-2H3. The summed E-state index contributed by atoms with van der Waals surface area (Å²) in [6.45, 7) is 6.64. The number of aromatic hydroxyl groups is 1. The van der Waals surface area contributed by atoms with Crippen LogP contribution in [0.1, 0.15) is 34.1 Å². The molecule has 0 aliphatic carbocycles. The Balaban J connectivity index is 1.57. The molecule has 0 amide bonds. The summed E-state index contributed by atoms with van der Waals surface area (Å²) in [5.41, 5.74) is 1.89. The lowest BCUT2D eigenvalue weighted by Gasteiger charge is -2.36. The number of benzene rings is 1. The average Bonchev–Trinajstić information content (AvgIpc) is 2.82. The van der Waals surface area contributed by atoms with Gasteiger partial charge in [0.15, 0.2) is 0 Å². The van der Waals surface area contributed by atoms with Crippen molar-refractivity contribution in [2.75, 3.05) is 31.1 Å². The summed E-state index contributed by atoms with van der Waals surface area (Å²) in [5, 5.41) is 19.1. The van der Waals surface area contributed by atoms with Crippen molar-refractivity contribution in [3.05, 3.63) is 63.0 Å². The van der Waals surface area contributed by atoms with E-state index in [-0.39, 0.29) is 23.3 Å². The number of carbonyl (C=O) groups excluding carboxylic acids is 1. The van der Waals surface area contributed by atoms with Crippen molar-refractivity contribution in [1.29, 1.82) is 0 Å². The van der Waals surface area contributed by atoms with Crippen LogP contribution < -0.4 is 10.3 Å². The molecule has 4 rings (SSSR count). The molecule has 10 heteroatoms. The first-order chi connectivity index (χ1) is 16.2. The van der Waals surface area contributed by atoms with E-state index >= 15 is 4.39 Å². The van der Waals surface area contributed by atoms with E-state index in [1.807, 2.05) is 11.8 Å². The van der Waals surface area contributed by atoms with Gasteiger partial charge in [0, 0.05) is 62.6 Å². The van der Waals surface area contributed by atoms with Crippen LogP contribution in [0.25, 0.3) is 10.9 Å². The topological polar surface area (TPSA) is 98.9 Å². The van der Waals surface area contributed by atoms with Crippen molar-refractivity contribution >= 4 is 33.4 Å². The van der Waals surface area contributed by atoms with Gasteiger partial charge in [-0.1, -0.05) is 0 Å². The van der Waals surface area contributed by atoms with Crippen molar-refractivity contribution in [3.63, 3.8) is 0 Å². The predicted molar refractivity (Wildman–Crippen MR) is 128 cm³/mol. The number of aliphatic hydroxyl groups excluding tert-OH is 1. The van der Waals surface area contributed by atoms with Crippen molar-refractivity contribution in [2.45, 2.75) is 33.5 Å². The number of carbonyl (C=O) groups is 1. The highest BCUT2D eigenvalue weighted by molar-refractivity contribution is 6.67. The van der Waals surface area contributed by atoms with Gasteiger partial charge in [0.1, 0.15) is 11.6 Å². The maximum atomic E-state index is 15.1. The highest BCUT2D eigenvalue weighted by Crippen LogP contribution is 2.28. The fourth-order valence-electron chi connectivity index (χ4n) is 4.43. The van der Waals surface area contributed by atoms with E-state index in [0.717, 1.165) is 5.56 Å². The predicted octanol–water partition coefficient (Wildman–Crippen LogP) is 2.76. The molecule has 1 saturated heterocycles. The number of halogens is 2. The van der Waals surface area contributed by atoms with Gasteiger partial charge in [0.05, 0.1) is 29.1 Å². The third-order valence-electron chi connectivity index (χ3n) is 6.40. The third-order valence-corrected chi connectivity index (χ3v) is 6.60. The number of pyridine rings is 2. The summed E-state index contributed by atoms with van der Waals surface area (Å²) in [4.78, 5) is 32.5. The van der Waals surface area contributed by atoms with Gasteiger partial charge in [-0.15, -0.1) is 0 Å². The number of hydrogen-bond acceptors (Lipinski definition) is 7. The Hall–Kier alpha value is -3.01. The largest absolute Gasteiger partial charge is 0.506 e. The molecule has 1 aromatic carbocycles. The summed E-state index contributed by atoms with van der Waals surface area (Å²) in [6, 6.07) is 2.84. The quantitative estimate of drug-likeness (QED) is 0.515. The van der Waals surface area contributed by atoms with Gasteiger partial charge in [0.2, 0.25) is 5.43 Å². The first-order valence-electron chi connectivity index (χ1n) is 11.1. The van der Waals surface area contributed by atoms with E-state index in [4.69, 9.17) is 11.6 Å². The molecule has 8 nitrogen and oxygen atoms in total. The van der Waals surface area contributed by atoms with Crippen LogP contribution in [0.5, 0.6) is 5.75 Å². The SMILES string of the molecule is CCn1cc(C(=O)Cl)c(=O)c2cc(F)c(N3CCN(Cc4cnc(C)c(O)c4CO)CC3)cc21. The molecule has 0 spiro atoms. The molecule has 34 heavy (non-hydrogen) atoms. The Kier molecular flexibility index (Phi) is 6.88. The minimum Gasteiger partial charge on any atom is -0.506 e. The molecule has 0 radical (unpaired) electrons. The number of rotatable bonds is 6. The van der Waals surface area contributed by atoms with Gasteiger partial charge in [-0.05, 0) is 43.1 Å². The summed E-state index contributed by atoms with van der Waals surface area (Å²) in [7, 11) is 0. The van der Waals surface area contributed by atoms with Crippen LogP contribution in [-0.4, -0.2) is 56.1 Å². The highest BCUT2D eigenvalue weighted by Gasteiger charge is 2.23. The van der Waals surface area contributed by atoms with Crippen molar-refractivity contribution in [1.82, 2.24) is 14.5 Å². The molecule has 0 saturated carbocycles. The molecular weight excluding hydrogens is 463 g/mol. The van der Waals surface area contributed by atoms with E-state index in [0.29, 0.717) is 61.7 Å². The van der Waals surface area contributed by atoms with Crippen LogP contribution >= 0.6 is 11.6 Å². The van der Waals surface area contributed by atoms with Gasteiger partial charge in [-0.2, -0.15) is 0 Å². The molecule has 0 atom stereocenters. The van der Waals surface area contributed by atoms with Gasteiger partial charge in [-0.3, -0.25) is 19.5 Å². The van der Waals surface area contributed by atoms with Gasteiger partial charge >= 0.3 is 0 Å². The molecule has 0 unspecified atom stereocenters. The van der Waals surface area contributed by atoms with Crippen LogP contribution in [0.4, 0.5) is 10.1 Å². The summed E-state index contributed by atoms with van der Waals surface area (Å²) in [5.74, 6) is -0.520. The number of aromatic nitrogens is 2. The van der Waals surface area contributed by atoms with Gasteiger partial charge < -0.3 is 19.7 Å². The molecule has 2 N–H and O–H groups in total. The molecule has 1 aliphatic rings. The van der Waals surface area contributed by atoms with E-state index in [1.54, 1.807) is 23.8 Å². The Morgan fingerprint density at radius 1 is 1.24 bits per heavy atom. The number of hydrogen-bond donors (Lipinski definition) is 2. The van der Waals surface area contributed by atoms with Gasteiger partial charge in [0.25, 0.3) is 5.24 Å². The zero-order valence-corrected chi connectivity index (χ0v) is 19.8. The minimum absolute atomic E-state index is 0.0119. The number of anilines is 1. The van der Waals surface area contributed by atoms with Crippen LogP contribution in [0.3, 0.4) is 0 Å².